The number of likely N-dealkylation sites (tertiary alicyclic amines) is 1. The van der Waals surface area contributed by atoms with Crippen LogP contribution in [-0.2, 0) is 6.42 Å². The van der Waals surface area contributed by atoms with Crippen LogP contribution in [-0.4, -0.2) is 48.8 Å². The summed E-state index contributed by atoms with van der Waals surface area (Å²) in [5.74, 6) is 1.43. The highest BCUT2D eigenvalue weighted by atomic mass is 16.5. The first-order valence-corrected chi connectivity index (χ1v) is 8.98. The Kier molecular flexibility index (Phi) is 6.30. The lowest BCUT2D eigenvalue weighted by Gasteiger charge is -2.33. The summed E-state index contributed by atoms with van der Waals surface area (Å²) in [5, 5.41) is 2.97. The Balaban J connectivity index is 1.49. The van der Waals surface area contributed by atoms with E-state index in [0.717, 1.165) is 37.3 Å². The largest absolute Gasteiger partial charge is 0.493 e. The van der Waals surface area contributed by atoms with Crippen LogP contribution in [0.4, 0.5) is 4.79 Å². The molecule has 138 valence electrons. The molecule has 1 aromatic carbocycles. The number of hydrogen-bond acceptors (Lipinski definition) is 4. The molecule has 1 aromatic heterocycles. The number of benzene rings is 1. The van der Waals surface area contributed by atoms with Gasteiger partial charge in [0.1, 0.15) is 6.10 Å². The first-order chi connectivity index (χ1) is 12.8. The summed E-state index contributed by atoms with van der Waals surface area (Å²) in [6, 6.07) is 13.4. The highest BCUT2D eigenvalue weighted by molar-refractivity contribution is 5.74. The minimum absolute atomic E-state index is 0.0263. The quantitative estimate of drug-likeness (QED) is 0.865. The van der Waals surface area contributed by atoms with Crippen LogP contribution in [0.1, 0.15) is 18.5 Å². The second-order valence-corrected chi connectivity index (χ2v) is 6.28. The Bertz CT molecular complexity index is 708. The molecule has 1 aliphatic rings. The first-order valence-electron chi connectivity index (χ1n) is 8.98. The number of piperidine rings is 1. The number of nitrogens with one attached hydrogen (secondary N) is 1. The number of aromatic nitrogens is 1. The molecule has 6 nitrogen and oxygen atoms in total. The van der Waals surface area contributed by atoms with E-state index in [1.54, 1.807) is 13.3 Å². The van der Waals surface area contributed by atoms with Crippen molar-refractivity contribution in [1.82, 2.24) is 15.2 Å². The van der Waals surface area contributed by atoms with Gasteiger partial charge in [-0.1, -0.05) is 18.2 Å². The van der Waals surface area contributed by atoms with Gasteiger partial charge in [0, 0.05) is 31.4 Å². The number of rotatable bonds is 6. The van der Waals surface area contributed by atoms with E-state index in [0.29, 0.717) is 18.8 Å². The number of ether oxygens (including phenoxy) is 2. The van der Waals surface area contributed by atoms with Crippen molar-refractivity contribution in [2.75, 3.05) is 26.7 Å². The molecular weight excluding hydrogens is 330 g/mol. The fourth-order valence-corrected chi connectivity index (χ4v) is 3.07. The molecule has 6 heteroatoms. The molecule has 1 atom stereocenters. The predicted molar refractivity (Wildman–Crippen MR) is 99.6 cm³/mol. The van der Waals surface area contributed by atoms with Crippen molar-refractivity contribution in [1.29, 1.82) is 0 Å². The number of nitrogens with zero attached hydrogens (tertiary/aromatic N) is 2. The molecule has 1 aliphatic heterocycles. The molecule has 0 saturated carbocycles. The zero-order valence-electron chi connectivity index (χ0n) is 15.1. The van der Waals surface area contributed by atoms with E-state index in [9.17, 15) is 4.79 Å². The third-order valence-corrected chi connectivity index (χ3v) is 4.41. The zero-order chi connectivity index (χ0) is 18.2. The molecule has 26 heavy (non-hydrogen) atoms. The third-order valence-electron chi connectivity index (χ3n) is 4.41. The Morgan fingerprint density at radius 1 is 1.23 bits per heavy atom. The molecular formula is C20H25N3O3. The molecule has 2 aromatic rings. The lowest BCUT2D eigenvalue weighted by Crippen LogP contribution is -2.48. The standard InChI is InChI=1S/C20H25N3O3/c1-25-18-9-2-3-10-19(18)26-17-8-6-14-23(15-17)20(24)22-13-11-16-7-4-5-12-21-16/h2-5,7,9-10,12,17H,6,8,11,13-15H2,1H3,(H,22,24). The fraction of sp³-hybridized carbons (Fsp3) is 0.400. The van der Waals surface area contributed by atoms with Gasteiger partial charge in [0.15, 0.2) is 11.5 Å². The maximum Gasteiger partial charge on any atom is 0.317 e. The monoisotopic (exact) mass is 355 g/mol. The third kappa shape index (κ3) is 4.88. The molecule has 2 heterocycles. The summed E-state index contributed by atoms with van der Waals surface area (Å²) in [6.45, 7) is 1.90. The average molecular weight is 355 g/mol. The SMILES string of the molecule is COc1ccccc1OC1CCCN(C(=O)NCCc2ccccn2)C1. The maximum atomic E-state index is 12.4. The minimum Gasteiger partial charge on any atom is -0.493 e. The van der Waals surface area contributed by atoms with Crippen LogP contribution >= 0.6 is 0 Å². The van der Waals surface area contributed by atoms with Crippen LogP contribution in [0.3, 0.4) is 0 Å². The van der Waals surface area contributed by atoms with Gasteiger partial charge in [0.2, 0.25) is 0 Å². The molecule has 1 fully saturated rings. The van der Waals surface area contributed by atoms with Crippen LogP contribution < -0.4 is 14.8 Å². The Morgan fingerprint density at radius 2 is 2.04 bits per heavy atom. The van der Waals surface area contributed by atoms with E-state index in [2.05, 4.69) is 10.3 Å². The summed E-state index contributed by atoms with van der Waals surface area (Å²) in [7, 11) is 1.63. The molecule has 1 unspecified atom stereocenters. The van der Waals surface area contributed by atoms with Gasteiger partial charge in [-0.2, -0.15) is 0 Å². The van der Waals surface area contributed by atoms with Crippen LogP contribution in [0.5, 0.6) is 11.5 Å². The van der Waals surface area contributed by atoms with Crippen molar-refractivity contribution in [3.8, 4) is 11.5 Å². The number of para-hydroxylation sites is 2. The molecule has 1 saturated heterocycles. The number of pyridine rings is 1. The number of methoxy groups -OCH3 is 1. The number of carbonyl (C=O) groups is 1. The first kappa shape index (κ1) is 18.0. The number of carbonyl (C=O) groups excluding carboxylic acids is 1. The van der Waals surface area contributed by atoms with Gasteiger partial charge in [0.25, 0.3) is 0 Å². The van der Waals surface area contributed by atoms with Gasteiger partial charge < -0.3 is 19.7 Å². The topological polar surface area (TPSA) is 63.7 Å². The summed E-state index contributed by atoms with van der Waals surface area (Å²) in [5.41, 5.74) is 0.976. The van der Waals surface area contributed by atoms with E-state index in [-0.39, 0.29) is 12.1 Å². The summed E-state index contributed by atoms with van der Waals surface area (Å²) < 4.78 is 11.4. The van der Waals surface area contributed by atoms with Gasteiger partial charge in [-0.25, -0.2) is 4.79 Å². The van der Waals surface area contributed by atoms with E-state index >= 15 is 0 Å². The second-order valence-electron chi connectivity index (χ2n) is 6.28. The van der Waals surface area contributed by atoms with Crippen LogP contribution in [0.15, 0.2) is 48.7 Å². The Hall–Kier alpha value is -2.76. The van der Waals surface area contributed by atoms with Crippen molar-refractivity contribution >= 4 is 6.03 Å². The highest BCUT2D eigenvalue weighted by Crippen LogP contribution is 2.28. The van der Waals surface area contributed by atoms with Crippen molar-refractivity contribution in [2.24, 2.45) is 0 Å². The molecule has 0 aliphatic carbocycles. The van der Waals surface area contributed by atoms with Crippen molar-refractivity contribution in [2.45, 2.75) is 25.4 Å². The van der Waals surface area contributed by atoms with E-state index < -0.39 is 0 Å². The fourth-order valence-electron chi connectivity index (χ4n) is 3.07. The zero-order valence-corrected chi connectivity index (χ0v) is 15.1. The molecule has 3 rings (SSSR count). The maximum absolute atomic E-state index is 12.4. The van der Waals surface area contributed by atoms with Crippen molar-refractivity contribution in [3.05, 3.63) is 54.4 Å². The normalized spacial score (nSPS) is 16.8. The lowest BCUT2D eigenvalue weighted by molar-refractivity contribution is 0.0990. The van der Waals surface area contributed by atoms with Gasteiger partial charge in [0.05, 0.1) is 13.7 Å². The number of urea groups is 1. The van der Waals surface area contributed by atoms with Crippen molar-refractivity contribution < 1.29 is 14.3 Å². The van der Waals surface area contributed by atoms with Crippen LogP contribution in [0.2, 0.25) is 0 Å². The summed E-state index contributed by atoms with van der Waals surface area (Å²) in [6.07, 6.45) is 4.31. The average Bonchev–Trinajstić information content (AvgIpc) is 2.69. The molecule has 0 spiro atoms. The van der Waals surface area contributed by atoms with E-state index in [1.165, 1.54) is 0 Å². The smallest absolute Gasteiger partial charge is 0.317 e. The van der Waals surface area contributed by atoms with E-state index in [1.807, 2.05) is 47.4 Å². The summed E-state index contributed by atoms with van der Waals surface area (Å²) >= 11 is 0. The van der Waals surface area contributed by atoms with Gasteiger partial charge in [-0.15, -0.1) is 0 Å². The molecule has 0 radical (unpaired) electrons. The van der Waals surface area contributed by atoms with Gasteiger partial charge in [-0.05, 0) is 37.1 Å². The van der Waals surface area contributed by atoms with Crippen LogP contribution in [0, 0.1) is 0 Å². The summed E-state index contributed by atoms with van der Waals surface area (Å²) in [4.78, 5) is 18.5. The van der Waals surface area contributed by atoms with Crippen molar-refractivity contribution in [3.63, 3.8) is 0 Å². The van der Waals surface area contributed by atoms with Gasteiger partial charge >= 0.3 is 6.03 Å². The highest BCUT2D eigenvalue weighted by Gasteiger charge is 2.25. The Labute approximate surface area is 154 Å². The Morgan fingerprint density at radius 3 is 2.81 bits per heavy atom. The second kappa shape index (κ2) is 9.08. The molecule has 0 bridgehead atoms. The molecule has 1 N–H and O–H groups in total. The minimum atomic E-state index is -0.0470. The number of amides is 2. The van der Waals surface area contributed by atoms with E-state index in [4.69, 9.17) is 9.47 Å². The molecule has 2 amide bonds. The van der Waals surface area contributed by atoms with Crippen LogP contribution in [0.25, 0.3) is 0 Å². The van der Waals surface area contributed by atoms with Gasteiger partial charge in [-0.3, -0.25) is 4.98 Å². The number of hydrogen-bond donors (Lipinski definition) is 1. The predicted octanol–water partition coefficient (Wildman–Crippen LogP) is 2.89. The lowest BCUT2D eigenvalue weighted by atomic mass is 10.1.